The van der Waals surface area contributed by atoms with E-state index < -0.39 is 11.6 Å². The number of phenols is 2. The van der Waals surface area contributed by atoms with Crippen molar-refractivity contribution in [3.05, 3.63) is 71.3 Å². The highest BCUT2D eigenvalue weighted by Crippen LogP contribution is 2.35. The molecule has 0 bridgehead atoms. The second kappa shape index (κ2) is 6.57. The molecule has 2 aromatic carbocycles. The lowest BCUT2D eigenvalue weighted by Crippen LogP contribution is -2.30. The molecule has 2 rings (SSSR count). The molecular formula is C19H20O4. The monoisotopic (exact) mass is 312 g/mol. The van der Waals surface area contributed by atoms with Crippen LogP contribution in [0.25, 0.3) is 0 Å². The summed E-state index contributed by atoms with van der Waals surface area (Å²) >= 11 is 0. The van der Waals surface area contributed by atoms with E-state index in [0.717, 1.165) is 11.1 Å². The van der Waals surface area contributed by atoms with Crippen LogP contribution in [0.2, 0.25) is 0 Å². The number of allylic oxidation sites excluding steroid dienone is 1. The lowest BCUT2D eigenvalue weighted by molar-refractivity contribution is -0.150. The molecule has 0 radical (unpaired) electrons. The van der Waals surface area contributed by atoms with E-state index in [-0.39, 0.29) is 11.5 Å². The first-order chi connectivity index (χ1) is 10.9. The van der Waals surface area contributed by atoms with Gasteiger partial charge < -0.3 is 14.9 Å². The number of ether oxygens (including phenoxy) is 1. The number of hydrogen-bond acceptors (Lipinski definition) is 4. The van der Waals surface area contributed by atoms with Crippen molar-refractivity contribution in [1.29, 1.82) is 0 Å². The van der Waals surface area contributed by atoms with Gasteiger partial charge in [-0.1, -0.05) is 30.3 Å². The van der Waals surface area contributed by atoms with Crippen LogP contribution in [0, 0.1) is 0 Å². The molecule has 2 aromatic rings. The molecule has 0 aliphatic heterocycles. The smallest absolute Gasteiger partial charge is 0.334 e. The fourth-order valence-corrected chi connectivity index (χ4v) is 2.23. The Morgan fingerprint density at radius 3 is 1.70 bits per heavy atom. The molecule has 0 saturated carbocycles. The normalized spacial score (nSPS) is 12.0. The zero-order valence-electron chi connectivity index (χ0n) is 13.4. The van der Waals surface area contributed by atoms with E-state index in [0.29, 0.717) is 5.57 Å². The number of rotatable bonds is 4. The van der Waals surface area contributed by atoms with Crippen molar-refractivity contribution in [2.24, 2.45) is 0 Å². The van der Waals surface area contributed by atoms with E-state index in [1.165, 1.54) is 0 Å². The summed E-state index contributed by atoms with van der Waals surface area (Å²) in [6.45, 7) is 5.25. The Kier molecular flexibility index (Phi) is 4.74. The highest BCUT2D eigenvalue weighted by Gasteiger charge is 2.33. The Bertz CT molecular complexity index is 667. The van der Waals surface area contributed by atoms with Gasteiger partial charge in [-0.25, -0.2) is 4.79 Å². The van der Waals surface area contributed by atoms with Crippen molar-refractivity contribution in [2.45, 2.75) is 26.4 Å². The zero-order valence-corrected chi connectivity index (χ0v) is 13.4. The van der Waals surface area contributed by atoms with Gasteiger partial charge in [0, 0.05) is 16.7 Å². The third-order valence-electron chi connectivity index (χ3n) is 3.89. The van der Waals surface area contributed by atoms with Crippen molar-refractivity contribution in [1.82, 2.24) is 0 Å². The molecule has 2 N–H and O–H groups in total. The van der Waals surface area contributed by atoms with Gasteiger partial charge in [-0.2, -0.15) is 0 Å². The molecule has 0 aliphatic rings. The number of carbonyl (C=O) groups excluding carboxylic acids is 1. The summed E-state index contributed by atoms with van der Waals surface area (Å²) in [5.74, 6) is -0.147. The van der Waals surface area contributed by atoms with Gasteiger partial charge in [-0.15, -0.1) is 0 Å². The summed E-state index contributed by atoms with van der Waals surface area (Å²) in [6, 6.07) is 13.0. The largest absolute Gasteiger partial charge is 0.508 e. The Morgan fingerprint density at radius 1 is 0.957 bits per heavy atom. The van der Waals surface area contributed by atoms with Crippen LogP contribution in [0.1, 0.15) is 31.9 Å². The quantitative estimate of drug-likeness (QED) is 0.664. The van der Waals surface area contributed by atoms with Crippen LogP contribution in [-0.2, 0) is 15.1 Å². The molecule has 23 heavy (non-hydrogen) atoms. The fourth-order valence-electron chi connectivity index (χ4n) is 2.23. The molecular weight excluding hydrogens is 292 g/mol. The second-order valence-electron chi connectivity index (χ2n) is 5.49. The van der Waals surface area contributed by atoms with Crippen molar-refractivity contribution >= 4 is 5.97 Å². The van der Waals surface area contributed by atoms with Crippen molar-refractivity contribution in [2.75, 3.05) is 0 Å². The van der Waals surface area contributed by atoms with Crippen molar-refractivity contribution < 1.29 is 19.7 Å². The molecule has 0 spiro atoms. The average Bonchev–Trinajstić information content (AvgIpc) is 2.55. The average molecular weight is 312 g/mol. The van der Waals surface area contributed by atoms with Gasteiger partial charge in [0.15, 0.2) is 5.60 Å². The van der Waals surface area contributed by atoms with Gasteiger partial charge in [-0.05, 0) is 45.0 Å². The van der Waals surface area contributed by atoms with Gasteiger partial charge in [0.1, 0.15) is 11.5 Å². The highest BCUT2D eigenvalue weighted by atomic mass is 16.6. The van der Waals surface area contributed by atoms with E-state index in [2.05, 4.69) is 0 Å². The Balaban J connectivity index is 2.51. The minimum atomic E-state index is -1.04. The molecule has 0 unspecified atom stereocenters. The third kappa shape index (κ3) is 3.54. The molecule has 0 amide bonds. The summed E-state index contributed by atoms with van der Waals surface area (Å²) in [4.78, 5) is 12.3. The van der Waals surface area contributed by atoms with Gasteiger partial charge in [0.2, 0.25) is 0 Å². The van der Waals surface area contributed by atoms with Crippen LogP contribution in [0.3, 0.4) is 0 Å². The maximum atomic E-state index is 12.3. The highest BCUT2D eigenvalue weighted by molar-refractivity contribution is 5.88. The Labute approximate surface area is 135 Å². The van der Waals surface area contributed by atoms with Gasteiger partial charge in [0.05, 0.1) is 0 Å². The van der Waals surface area contributed by atoms with E-state index in [1.54, 1.807) is 75.4 Å². The molecule has 0 aromatic heterocycles. The molecule has 0 atom stereocenters. The summed E-state index contributed by atoms with van der Waals surface area (Å²) in [7, 11) is 0. The number of carbonyl (C=O) groups is 1. The molecule has 4 heteroatoms. The first kappa shape index (κ1) is 16.6. The van der Waals surface area contributed by atoms with Crippen LogP contribution in [0.4, 0.5) is 0 Å². The summed E-state index contributed by atoms with van der Waals surface area (Å²) in [5, 5.41) is 19.0. The lowest BCUT2D eigenvalue weighted by atomic mass is 9.87. The number of phenolic OH excluding ortho intramolecular Hbond substituents is 2. The Morgan fingerprint density at radius 2 is 1.35 bits per heavy atom. The molecule has 120 valence electrons. The number of aromatic hydroxyl groups is 2. The van der Waals surface area contributed by atoms with Crippen LogP contribution in [0.15, 0.2) is 60.2 Å². The fraction of sp³-hybridized carbons (Fsp3) is 0.211. The lowest BCUT2D eigenvalue weighted by Gasteiger charge is -2.31. The molecule has 4 nitrogen and oxygen atoms in total. The number of benzene rings is 2. The first-order valence-corrected chi connectivity index (χ1v) is 7.32. The first-order valence-electron chi connectivity index (χ1n) is 7.32. The summed E-state index contributed by atoms with van der Waals surface area (Å²) in [5.41, 5.74) is 0.910. The minimum absolute atomic E-state index is 0.137. The number of esters is 1. The third-order valence-corrected chi connectivity index (χ3v) is 3.89. The van der Waals surface area contributed by atoms with E-state index >= 15 is 0 Å². The van der Waals surface area contributed by atoms with E-state index in [1.807, 2.05) is 0 Å². The second-order valence-corrected chi connectivity index (χ2v) is 5.49. The molecule has 0 saturated heterocycles. The topological polar surface area (TPSA) is 66.8 Å². The predicted molar refractivity (Wildman–Crippen MR) is 88.2 cm³/mol. The standard InChI is InChI=1S/C19H20O4/c1-4-13(2)18(22)23-19(3,14-5-9-16(20)10-6-14)15-7-11-17(21)12-8-15/h4-12,20-21H,1-3H3. The van der Waals surface area contributed by atoms with Crippen molar-refractivity contribution in [3.8, 4) is 11.5 Å². The van der Waals surface area contributed by atoms with Gasteiger partial charge in [0.25, 0.3) is 0 Å². The molecule has 0 heterocycles. The van der Waals surface area contributed by atoms with E-state index in [9.17, 15) is 15.0 Å². The van der Waals surface area contributed by atoms with Gasteiger partial charge >= 0.3 is 5.97 Å². The molecule has 0 aliphatic carbocycles. The van der Waals surface area contributed by atoms with Crippen LogP contribution < -0.4 is 0 Å². The maximum Gasteiger partial charge on any atom is 0.334 e. The Hall–Kier alpha value is -2.75. The SMILES string of the molecule is CC=C(C)C(=O)OC(C)(c1ccc(O)cc1)c1ccc(O)cc1. The molecule has 0 fully saturated rings. The van der Waals surface area contributed by atoms with Crippen LogP contribution in [-0.4, -0.2) is 16.2 Å². The van der Waals surface area contributed by atoms with E-state index in [4.69, 9.17) is 4.74 Å². The van der Waals surface area contributed by atoms with Crippen LogP contribution in [0.5, 0.6) is 11.5 Å². The predicted octanol–water partition coefficient (Wildman–Crippen LogP) is 3.87. The summed E-state index contributed by atoms with van der Waals surface area (Å²) in [6.07, 6.45) is 1.69. The number of hydrogen-bond donors (Lipinski definition) is 2. The summed E-state index contributed by atoms with van der Waals surface area (Å²) < 4.78 is 5.77. The minimum Gasteiger partial charge on any atom is -0.508 e. The zero-order chi connectivity index (χ0) is 17.0. The maximum absolute atomic E-state index is 12.3. The van der Waals surface area contributed by atoms with Crippen LogP contribution >= 0.6 is 0 Å². The van der Waals surface area contributed by atoms with Gasteiger partial charge in [-0.3, -0.25) is 0 Å². The van der Waals surface area contributed by atoms with Crippen molar-refractivity contribution in [3.63, 3.8) is 0 Å².